The first-order valence-electron chi connectivity index (χ1n) is 7.08. The highest BCUT2D eigenvalue weighted by molar-refractivity contribution is 7.68. The lowest BCUT2D eigenvalue weighted by Gasteiger charge is -2.38. The average Bonchev–Trinajstić information content (AvgIpc) is 2.74. The molecule has 5 atom stereocenters. The lowest BCUT2D eigenvalue weighted by molar-refractivity contribution is 0.174. The topological polar surface area (TPSA) is 16.4 Å². The molecule has 0 N–H and O–H groups in total. The van der Waals surface area contributed by atoms with Crippen LogP contribution in [0.15, 0.2) is 34.0 Å². The van der Waals surface area contributed by atoms with E-state index in [1.54, 1.807) is 11.1 Å². The molecule has 2 saturated heterocycles. The van der Waals surface area contributed by atoms with E-state index in [1.165, 1.54) is 0 Å². The van der Waals surface area contributed by atoms with Crippen molar-refractivity contribution in [3.05, 3.63) is 35.3 Å². The summed E-state index contributed by atoms with van der Waals surface area (Å²) in [7, 11) is 2.22. The Hall–Kier alpha value is -0.590. The van der Waals surface area contributed by atoms with Gasteiger partial charge >= 0.3 is 0 Å². The molecule has 0 amide bonds. The van der Waals surface area contributed by atoms with Gasteiger partial charge in [-0.15, -0.1) is 0 Å². The molecule has 1 aromatic rings. The number of rotatable bonds is 1. The molecule has 19 heavy (non-hydrogen) atoms. The normalized spacial score (nSPS) is 51.9. The van der Waals surface area contributed by atoms with Gasteiger partial charge in [0.2, 0.25) is 0 Å². The highest BCUT2D eigenvalue weighted by Gasteiger charge is 2.89. The zero-order chi connectivity index (χ0) is 13.8. The van der Waals surface area contributed by atoms with Crippen LogP contribution in [0.1, 0.15) is 46.4 Å². The van der Waals surface area contributed by atoms with Crippen LogP contribution in [-0.4, -0.2) is 22.0 Å². The van der Waals surface area contributed by atoms with Crippen molar-refractivity contribution in [2.45, 2.75) is 51.0 Å². The Bertz CT molecular complexity index is 606. The number of nitrogens with zero attached hydrogens (tertiary/aromatic N) is 1. The van der Waals surface area contributed by atoms with Gasteiger partial charge in [-0.05, 0) is 48.0 Å². The first-order chi connectivity index (χ1) is 8.83. The standard InChI is InChI=1S/C16H22NOP/c1-10-11(2)15(4)16(5)14(10,3)13(17(6)19(15)16)12-8-7-9-18-12/h7-9,13H,1-6H3/t13-,14?,15?,16?,19?/m1/s1. The van der Waals surface area contributed by atoms with Crippen LogP contribution in [-0.2, 0) is 0 Å². The van der Waals surface area contributed by atoms with Crippen molar-refractivity contribution in [1.82, 2.24) is 4.67 Å². The molecule has 102 valence electrons. The van der Waals surface area contributed by atoms with Gasteiger partial charge in [0, 0.05) is 15.7 Å². The highest BCUT2D eigenvalue weighted by atomic mass is 31.1. The molecule has 3 heterocycles. The van der Waals surface area contributed by atoms with Gasteiger partial charge in [-0.2, -0.15) is 0 Å². The molecule has 0 saturated carbocycles. The van der Waals surface area contributed by atoms with Crippen LogP contribution in [0.2, 0.25) is 0 Å². The van der Waals surface area contributed by atoms with Crippen LogP contribution in [0.25, 0.3) is 0 Å². The molecule has 0 spiro atoms. The van der Waals surface area contributed by atoms with Gasteiger partial charge in [-0.3, -0.25) is 4.67 Å². The number of hydrogen-bond acceptors (Lipinski definition) is 2. The van der Waals surface area contributed by atoms with Gasteiger partial charge in [-0.25, -0.2) is 0 Å². The summed E-state index contributed by atoms with van der Waals surface area (Å²) in [4.78, 5) is 0. The average molecular weight is 275 g/mol. The predicted molar refractivity (Wildman–Crippen MR) is 79.4 cm³/mol. The maximum atomic E-state index is 5.78. The molecule has 4 rings (SSSR count). The molecule has 3 heteroatoms. The molecule has 3 aliphatic rings. The van der Waals surface area contributed by atoms with E-state index >= 15 is 0 Å². The first-order valence-corrected chi connectivity index (χ1v) is 8.37. The van der Waals surface area contributed by atoms with Gasteiger partial charge in [0.15, 0.2) is 0 Å². The largest absolute Gasteiger partial charge is 0.468 e. The summed E-state index contributed by atoms with van der Waals surface area (Å²) < 4.78 is 8.41. The SMILES string of the molecule is CC1=C(C)C2(C)P3N(C)[C@H](c4ccco4)C1(C)C32C. The summed E-state index contributed by atoms with van der Waals surface area (Å²) >= 11 is 0. The second-order valence-electron chi connectivity index (χ2n) is 6.90. The summed E-state index contributed by atoms with van der Waals surface area (Å²) in [5.74, 6) is 1.14. The van der Waals surface area contributed by atoms with Crippen LogP contribution in [0, 0.1) is 5.41 Å². The van der Waals surface area contributed by atoms with Crippen molar-refractivity contribution in [3.63, 3.8) is 0 Å². The summed E-state index contributed by atoms with van der Waals surface area (Å²) in [6, 6.07) is 4.57. The van der Waals surface area contributed by atoms with Gasteiger partial charge in [0.1, 0.15) is 5.76 Å². The Morgan fingerprint density at radius 3 is 2.47 bits per heavy atom. The maximum absolute atomic E-state index is 5.78. The van der Waals surface area contributed by atoms with Gasteiger partial charge in [-0.1, -0.05) is 25.0 Å². The number of fused-ring (bicyclic) bond motifs is 1. The van der Waals surface area contributed by atoms with Crippen molar-refractivity contribution in [2.24, 2.45) is 5.41 Å². The van der Waals surface area contributed by atoms with E-state index in [4.69, 9.17) is 4.42 Å². The Morgan fingerprint density at radius 2 is 1.89 bits per heavy atom. The lowest BCUT2D eigenvalue weighted by Crippen LogP contribution is -2.40. The summed E-state index contributed by atoms with van der Waals surface area (Å²) in [5.41, 5.74) is 3.47. The van der Waals surface area contributed by atoms with Crippen LogP contribution in [0.5, 0.6) is 0 Å². The van der Waals surface area contributed by atoms with Crippen LogP contribution >= 0.6 is 8.07 Å². The summed E-state index contributed by atoms with van der Waals surface area (Å²) in [6.07, 6.45) is 1.81. The van der Waals surface area contributed by atoms with E-state index in [-0.39, 0.29) is 13.5 Å². The number of allylic oxidation sites excluding steroid dienone is 1. The molecule has 0 radical (unpaired) electrons. The monoisotopic (exact) mass is 275 g/mol. The van der Waals surface area contributed by atoms with Crippen molar-refractivity contribution in [3.8, 4) is 0 Å². The summed E-state index contributed by atoms with van der Waals surface area (Å²) in [5, 5.41) is 0.856. The van der Waals surface area contributed by atoms with E-state index in [1.807, 2.05) is 12.3 Å². The van der Waals surface area contributed by atoms with Crippen LogP contribution < -0.4 is 0 Å². The lowest BCUT2D eigenvalue weighted by atomic mass is 9.68. The van der Waals surface area contributed by atoms with Crippen LogP contribution in [0.4, 0.5) is 0 Å². The molecule has 1 aromatic heterocycles. The van der Waals surface area contributed by atoms with Crippen molar-refractivity contribution in [2.75, 3.05) is 7.05 Å². The second-order valence-corrected chi connectivity index (χ2v) is 9.94. The third-order valence-electron chi connectivity index (χ3n) is 6.88. The molecule has 4 unspecified atom stereocenters. The smallest absolute Gasteiger partial charge is 0.122 e. The number of furan rings is 1. The fourth-order valence-electron chi connectivity index (χ4n) is 5.47. The maximum Gasteiger partial charge on any atom is 0.122 e. The Balaban J connectivity index is 1.97. The molecule has 2 fully saturated rings. The Kier molecular flexibility index (Phi) is 1.93. The third kappa shape index (κ3) is 0.883. The minimum Gasteiger partial charge on any atom is -0.468 e. The molecular formula is C16H22NOP. The quantitative estimate of drug-likeness (QED) is 0.552. The highest BCUT2D eigenvalue weighted by Crippen LogP contribution is 3.01. The van der Waals surface area contributed by atoms with Gasteiger partial charge in [0.05, 0.1) is 12.3 Å². The molecule has 0 aromatic carbocycles. The number of hydrogen-bond donors (Lipinski definition) is 0. The second kappa shape index (κ2) is 3.02. The Labute approximate surface area is 116 Å². The fourth-order valence-corrected chi connectivity index (χ4v) is 10.2. The van der Waals surface area contributed by atoms with E-state index in [2.05, 4.69) is 52.4 Å². The van der Waals surface area contributed by atoms with Crippen molar-refractivity contribution < 1.29 is 4.42 Å². The molecule has 2 nitrogen and oxygen atoms in total. The minimum atomic E-state index is -0.0806. The molecule has 2 aliphatic heterocycles. The van der Waals surface area contributed by atoms with Crippen LogP contribution in [0.3, 0.4) is 0 Å². The third-order valence-corrected chi connectivity index (χ3v) is 10.9. The zero-order valence-electron chi connectivity index (χ0n) is 12.6. The Morgan fingerprint density at radius 1 is 1.21 bits per heavy atom. The molecule has 0 bridgehead atoms. The van der Waals surface area contributed by atoms with E-state index < -0.39 is 0 Å². The molecule has 1 aliphatic carbocycles. The minimum absolute atomic E-state index is 0.0806. The van der Waals surface area contributed by atoms with Gasteiger partial charge in [0.25, 0.3) is 0 Å². The van der Waals surface area contributed by atoms with Crippen molar-refractivity contribution >= 4 is 8.07 Å². The summed E-state index contributed by atoms with van der Waals surface area (Å²) in [6.45, 7) is 12.2. The predicted octanol–water partition coefficient (Wildman–Crippen LogP) is 4.55. The fraction of sp³-hybridized carbons (Fsp3) is 0.625. The van der Waals surface area contributed by atoms with Gasteiger partial charge < -0.3 is 4.42 Å². The van der Waals surface area contributed by atoms with Crippen molar-refractivity contribution in [1.29, 1.82) is 0 Å². The van der Waals surface area contributed by atoms with E-state index in [0.29, 0.717) is 16.4 Å². The molecular weight excluding hydrogens is 253 g/mol. The first kappa shape index (κ1) is 12.2. The van der Waals surface area contributed by atoms with E-state index in [0.717, 1.165) is 5.76 Å². The zero-order valence-corrected chi connectivity index (χ0v) is 13.5. The van der Waals surface area contributed by atoms with E-state index in [9.17, 15) is 0 Å².